The summed E-state index contributed by atoms with van der Waals surface area (Å²) in [5, 5.41) is 17.3. The van der Waals surface area contributed by atoms with Gasteiger partial charge >= 0.3 is 27.0 Å². The largest absolute Gasteiger partial charge is 0.481 e. The highest BCUT2D eigenvalue weighted by molar-refractivity contribution is 7.88. The molecule has 0 spiro atoms. The minimum Gasteiger partial charge on any atom is -0.481 e. The molecule has 0 aliphatic carbocycles. The van der Waals surface area contributed by atoms with Gasteiger partial charge in [0.05, 0.1) is 0 Å². The van der Waals surface area contributed by atoms with Gasteiger partial charge in [0.15, 0.2) is 0 Å². The first-order valence-electron chi connectivity index (χ1n) is 4.73. The van der Waals surface area contributed by atoms with Gasteiger partial charge in [-0.1, -0.05) is 13.3 Å². The Balaban J connectivity index is 5.27. The fourth-order valence-corrected chi connectivity index (χ4v) is 1.80. The molecule has 9 heteroatoms. The predicted octanol–water partition coefficient (Wildman–Crippen LogP) is -0.0535. The average Bonchev–Trinajstić information content (AvgIpc) is 2.13. The van der Waals surface area contributed by atoms with Crippen molar-refractivity contribution in [1.82, 2.24) is 0 Å². The Kier molecular flexibility index (Phi) is 5.52. The van der Waals surface area contributed by atoms with Crippen molar-refractivity contribution < 1.29 is 37.5 Å². The Morgan fingerprint density at radius 1 is 1.29 bits per heavy atom. The van der Waals surface area contributed by atoms with Crippen molar-refractivity contribution in [2.75, 3.05) is 6.61 Å². The number of rotatable bonds is 8. The molecule has 0 aromatic rings. The van der Waals surface area contributed by atoms with Gasteiger partial charge in [-0.25, -0.2) is 4.79 Å². The molecule has 1 atom stereocenters. The van der Waals surface area contributed by atoms with Crippen molar-refractivity contribution in [3.8, 4) is 0 Å². The van der Waals surface area contributed by atoms with E-state index in [1.807, 2.05) is 0 Å². The van der Waals surface area contributed by atoms with Gasteiger partial charge in [0, 0.05) is 6.61 Å². The second-order valence-electron chi connectivity index (χ2n) is 3.31. The number of aliphatic carboxylic acids is 2. The molecule has 100 valence electrons. The van der Waals surface area contributed by atoms with Crippen LogP contribution in [0, 0.1) is 0 Å². The van der Waals surface area contributed by atoms with Crippen molar-refractivity contribution in [1.29, 1.82) is 0 Å². The summed E-state index contributed by atoms with van der Waals surface area (Å²) in [4.78, 5) is 18.2. The molecule has 0 radical (unpaired) electrons. The molecule has 8 nitrogen and oxygen atoms in total. The molecule has 0 amide bonds. The van der Waals surface area contributed by atoms with Crippen molar-refractivity contribution in [2.24, 2.45) is 0 Å². The summed E-state index contributed by atoms with van der Waals surface area (Å²) >= 11 is 0. The lowest BCUT2D eigenvalue weighted by Crippen LogP contribution is -2.50. The van der Waals surface area contributed by atoms with Gasteiger partial charge in [-0.2, -0.15) is 8.42 Å². The first kappa shape index (κ1) is 15.8. The van der Waals surface area contributed by atoms with E-state index in [0.717, 1.165) is 0 Å². The van der Waals surface area contributed by atoms with Crippen LogP contribution >= 0.6 is 0 Å². The van der Waals surface area contributed by atoms with E-state index in [0.29, 0.717) is 12.8 Å². The Bertz CT molecular complexity index is 386. The van der Waals surface area contributed by atoms with Gasteiger partial charge in [-0.3, -0.25) is 9.35 Å². The molecule has 0 fully saturated rings. The fourth-order valence-electron chi connectivity index (χ4n) is 1.04. The molecular weight excluding hydrogens is 256 g/mol. The van der Waals surface area contributed by atoms with E-state index in [1.165, 1.54) is 0 Å². The fraction of sp³-hybridized carbons (Fsp3) is 0.750. The summed E-state index contributed by atoms with van der Waals surface area (Å²) < 4.78 is 35.5. The van der Waals surface area contributed by atoms with Gasteiger partial charge in [-0.05, 0) is 6.42 Å². The molecule has 0 aliphatic rings. The molecule has 1 unspecified atom stereocenters. The summed E-state index contributed by atoms with van der Waals surface area (Å²) in [6.45, 7) is 1.46. The van der Waals surface area contributed by atoms with Crippen molar-refractivity contribution in [3.05, 3.63) is 0 Å². The lowest BCUT2D eigenvalue weighted by Gasteiger charge is -2.24. The second-order valence-corrected chi connectivity index (χ2v) is 4.92. The van der Waals surface area contributed by atoms with Crippen LogP contribution in [0.5, 0.6) is 0 Å². The van der Waals surface area contributed by atoms with Gasteiger partial charge in [0.25, 0.3) is 0 Å². The minimum atomic E-state index is -5.20. The summed E-state index contributed by atoms with van der Waals surface area (Å²) in [7, 11) is -5.20. The number of carbonyl (C=O) groups is 2. The molecule has 0 saturated carbocycles. The number of carboxylic acid groups (broad SMARTS) is 2. The van der Waals surface area contributed by atoms with Crippen LogP contribution in [-0.4, -0.2) is 46.7 Å². The molecule has 17 heavy (non-hydrogen) atoms. The van der Waals surface area contributed by atoms with Crippen molar-refractivity contribution in [2.45, 2.75) is 31.1 Å². The Labute approximate surface area is 97.9 Å². The van der Waals surface area contributed by atoms with Crippen LogP contribution in [0.25, 0.3) is 0 Å². The third-order valence-electron chi connectivity index (χ3n) is 1.96. The van der Waals surface area contributed by atoms with Crippen molar-refractivity contribution in [3.63, 3.8) is 0 Å². The highest BCUT2D eigenvalue weighted by Gasteiger charge is 2.54. The Hall–Kier alpha value is -1.19. The number of carboxylic acids is 2. The maximum Gasteiger partial charge on any atom is 0.355 e. The normalized spacial score (nSPS) is 15.2. The number of hydrogen-bond donors (Lipinski definition) is 3. The highest BCUT2D eigenvalue weighted by Crippen LogP contribution is 2.24. The maximum absolute atomic E-state index is 11.0. The first-order chi connectivity index (χ1) is 7.67. The second kappa shape index (κ2) is 5.94. The Morgan fingerprint density at radius 3 is 2.12 bits per heavy atom. The quantitative estimate of drug-likeness (QED) is 0.412. The zero-order valence-corrected chi connectivity index (χ0v) is 9.94. The van der Waals surface area contributed by atoms with Crippen LogP contribution in [0.4, 0.5) is 0 Å². The molecule has 0 aromatic carbocycles. The molecule has 0 heterocycles. The smallest absolute Gasteiger partial charge is 0.355 e. The lowest BCUT2D eigenvalue weighted by molar-refractivity contribution is -0.162. The number of hydrogen-bond acceptors (Lipinski definition) is 5. The van der Waals surface area contributed by atoms with Crippen LogP contribution in [0.2, 0.25) is 0 Å². The Morgan fingerprint density at radius 2 is 1.82 bits per heavy atom. The molecule has 0 aromatic heterocycles. The molecule has 0 saturated heterocycles. The summed E-state index contributed by atoms with van der Waals surface area (Å²) in [6, 6.07) is 0. The summed E-state index contributed by atoms with van der Waals surface area (Å²) in [6.07, 6.45) is -0.441. The summed E-state index contributed by atoms with van der Waals surface area (Å²) in [5.41, 5.74) is 0. The van der Waals surface area contributed by atoms with E-state index in [9.17, 15) is 18.0 Å². The van der Waals surface area contributed by atoms with Crippen LogP contribution in [0.3, 0.4) is 0 Å². The minimum absolute atomic E-state index is 0.282. The standard InChI is InChI=1S/C8H14O8S/c1-2-3-4-16-8(7(11)12,5-6(9)10)17(13,14)15/h2-5H2,1H3,(H,9,10)(H,11,12)(H,13,14,15). The third kappa shape index (κ3) is 3.95. The van der Waals surface area contributed by atoms with E-state index in [-0.39, 0.29) is 6.61 Å². The van der Waals surface area contributed by atoms with E-state index < -0.39 is 33.4 Å². The molecule has 0 bridgehead atoms. The van der Waals surface area contributed by atoms with E-state index in [1.54, 1.807) is 6.92 Å². The van der Waals surface area contributed by atoms with Crippen LogP contribution in [-0.2, 0) is 24.4 Å². The zero-order chi connectivity index (χ0) is 13.7. The molecule has 0 aliphatic heterocycles. The topological polar surface area (TPSA) is 138 Å². The van der Waals surface area contributed by atoms with Crippen LogP contribution in [0.15, 0.2) is 0 Å². The van der Waals surface area contributed by atoms with Crippen LogP contribution < -0.4 is 0 Å². The first-order valence-corrected chi connectivity index (χ1v) is 6.17. The third-order valence-corrected chi connectivity index (χ3v) is 3.23. The highest BCUT2D eigenvalue weighted by atomic mass is 32.2. The van der Waals surface area contributed by atoms with Crippen molar-refractivity contribution >= 4 is 22.1 Å². The lowest BCUT2D eigenvalue weighted by atomic mass is 10.2. The average molecular weight is 270 g/mol. The van der Waals surface area contributed by atoms with E-state index in [4.69, 9.17) is 14.8 Å². The summed E-state index contributed by atoms with van der Waals surface area (Å²) in [5.74, 6) is -3.76. The zero-order valence-electron chi connectivity index (χ0n) is 9.12. The van der Waals surface area contributed by atoms with Gasteiger partial charge < -0.3 is 14.9 Å². The van der Waals surface area contributed by atoms with Crippen LogP contribution in [0.1, 0.15) is 26.2 Å². The van der Waals surface area contributed by atoms with Gasteiger partial charge in [0.2, 0.25) is 0 Å². The molecular formula is C8H14O8S. The van der Waals surface area contributed by atoms with E-state index >= 15 is 0 Å². The SMILES string of the molecule is CCCCOC(CC(=O)O)(C(=O)O)S(=O)(=O)O. The molecule has 0 rings (SSSR count). The number of ether oxygens (including phenoxy) is 1. The molecule has 3 N–H and O–H groups in total. The van der Waals surface area contributed by atoms with Gasteiger partial charge in [-0.15, -0.1) is 0 Å². The monoisotopic (exact) mass is 270 g/mol. The van der Waals surface area contributed by atoms with Gasteiger partial charge in [0.1, 0.15) is 6.42 Å². The maximum atomic E-state index is 11.0. The van der Waals surface area contributed by atoms with E-state index in [2.05, 4.69) is 4.74 Å². The number of unbranched alkanes of at least 4 members (excludes halogenated alkanes) is 1. The predicted molar refractivity (Wildman–Crippen MR) is 55.0 cm³/mol.